The van der Waals surface area contributed by atoms with E-state index in [1.54, 1.807) is 0 Å². The zero-order valence-electron chi connectivity index (χ0n) is 11.0. The van der Waals surface area contributed by atoms with E-state index in [-0.39, 0.29) is 17.9 Å². The molecule has 0 aliphatic carbocycles. The number of nitrogens with one attached hydrogen (secondary N) is 1. The van der Waals surface area contributed by atoms with Gasteiger partial charge in [-0.1, -0.05) is 13.8 Å². The van der Waals surface area contributed by atoms with Crippen LogP contribution < -0.4 is 4.72 Å². The molecule has 0 saturated heterocycles. The Balaban J connectivity index is 2.61. The lowest BCUT2D eigenvalue weighted by Gasteiger charge is -2.06. The number of carboxylic acid groups (broad SMARTS) is 1. The van der Waals surface area contributed by atoms with Gasteiger partial charge in [0.2, 0.25) is 10.0 Å². The molecule has 0 saturated carbocycles. The van der Waals surface area contributed by atoms with Crippen LogP contribution in [0, 0.1) is 5.92 Å². The molecule has 1 aromatic heterocycles. The fourth-order valence-corrected chi connectivity index (χ4v) is 2.38. The van der Waals surface area contributed by atoms with Gasteiger partial charge >= 0.3 is 5.97 Å². The molecule has 0 unspecified atom stereocenters. The Bertz CT molecular complexity index is 522. The topological polar surface area (TPSA) is 101 Å². The van der Waals surface area contributed by atoms with Crippen molar-refractivity contribution < 1.29 is 18.3 Å². The summed E-state index contributed by atoms with van der Waals surface area (Å²) in [5.74, 6) is -0.532. The van der Waals surface area contributed by atoms with Crippen LogP contribution in [0.2, 0.25) is 0 Å². The average Bonchev–Trinajstić information content (AvgIpc) is 2.74. The van der Waals surface area contributed by atoms with Crippen molar-refractivity contribution in [1.82, 2.24) is 14.5 Å². The van der Waals surface area contributed by atoms with Crippen molar-refractivity contribution in [3.63, 3.8) is 0 Å². The Hall–Kier alpha value is -1.41. The summed E-state index contributed by atoms with van der Waals surface area (Å²) in [4.78, 5) is 10.5. The van der Waals surface area contributed by atoms with E-state index in [9.17, 15) is 13.2 Å². The molecule has 0 bridgehead atoms. The third kappa shape index (κ3) is 5.39. The van der Waals surface area contributed by atoms with Gasteiger partial charge in [-0.15, -0.1) is 0 Å². The maximum absolute atomic E-state index is 11.9. The minimum absolute atomic E-state index is 0.0571. The van der Waals surface area contributed by atoms with Gasteiger partial charge < -0.3 is 5.11 Å². The fourth-order valence-electron chi connectivity index (χ4n) is 1.38. The average molecular weight is 289 g/mol. The predicted molar refractivity (Wildman–Crippen MR) is 69.1 cm³/mol. The summed E-state index contributed by atoms with van der Waals surface area (Å²) in [5.41, 5.74) is 0. The van der Waals surface area contributed by atoms with Crippen molar-refractivity contribution in [2.75, 3.05) is 6.54 Å². The maximum Gasteiger partial charge on any atom is 0.305 e. The molecule has 0 aliphatic heterocycles. The molecule has 0 fully saturated rings. The molecule has 1 aromatic rings. The molecular weight excluding hydrogens is 270 g/mol. The highest BCUT2D eigenvalue weighted by molar-refractivity contribution is 7.89. The SMILES string of the molecule is CC(C)CCNS(=O)(=O)c1cnn(CCC(=O)O)c1. The first-order valence-electron chi connectivity index (χ1n) is 6.05. The van der Waals surface area contributed by atoms with Crippen LogP contribution in [0.5, 0.6) is 0 Å². The van der Waals surface area contributed by atoms with Crippen LogP contribution in [0.25, 0.3) is 0 Å². The lowest BCUT2D eigenvalue weighted by molar-refractivity contribution is -0.137. The van der Waals surface area contributed by atoms with Crippen LogP contribution in [0.4, 0.5) is 0 Å². The fraction of sp³-hybridized carbons (Fsp3) is 0.636. The van der Waals surface area contributed by atoms with Gasteiger partial charge in [0.25, 0.3) is 0 Å². The van der Waals surface area contributed by atoms with Crippen molar-refractivity contribution in [2.45, 2.75) is 38.1 Å². The summed E-state index contributed by atoms with van der Waals surface area (Å²) in [6, 6.07) is 0. The first-order chi connectivity index (χ1) is 8.81. The molecule has 8 heteroatoms. The highest BCUT2D eigenvalue weighted by Crippen LogP contribution is 2.08. The molecular formula is C11H19N3O4S. The predicted octanol–water partition coefficient (Wildman–Crippen LogP) is 0.682. The third-order valence-corrected chi connectivity index (χ3v) is 3.90. The molecule has 0 atom stereocenters. The number of hydrogen-bond acceptors (Lipinski definition) is 4. The summed E-state index contributed by atoms with van der Waals surface area (Å²) in [5, 5.41) is 12.4. The summed E-state index contributed by atoms with van der Waals surface area (Å²) in [7, 11) is -3.55. The second-order valence-electron chi connectivity index (χ2n) is 4.66. The standard InChI is InChI=1S/C11H19N3O4S/c1-9(2)3-5-13-19(17,18)10-7-12-14(8-10)6-4-11(15)16/h7-9,13H,3-6H2,1-2H3,(H,15,16). The molecule has 1 rings (SSSR count). The van der Waals surface area contributed by atoms with Gasteiger partial charge in [0, 0.05) is 12.7 Å². The van der Waals surface area contributed by atoms with E-state index in [0.29, 0.717) is 12.5 Å². The van der Waals surface area contributed by atoms with Crippen LogP contribution in [-0.4, -0.2) is 35.8 Å². The number of carboxylic acids is 1. The number of aromatic nitrogens is 2. The highest BCUT2D eigenvalue weighted by Gasteiger charge is 2.16. The van der Waals surface area contributed by atoms with Gasteiger partial charge in [-0.25, -0.2) is 13.1 Å². The van der Waals surface area contributed by atoms with Gasteiger partial charge in [-0.3, -0.25) is 9.48 Å². The lowest BCUT2D eigenvalue weighted by Crippen LogP contribution is -2.25. The number of aryl methyl sites for hydroxylation is 1. The number of sulfonamides is 1. The zero-order chi connectivity index (χ0) is 14.5. The number of carbonyl (C=O) groups is 1. The molecule has 108 valence electrons. The highest BCUT2D eigenvalue weighted by atomic mass is 32.2. The monoisotopic (exact) mass is 289 g/mol. The van der Waals surface area contributed by atoms with Crippen LogP contribution in [-0.2, 0) is 21.4 Å². The van der Waals surface area contributed by atoms with Gasteiger partial charge in [-0.05, 0) is 12.3 Å². The van der Waals surface area contributed by atoms with Gasteiger partial charge in [0.1, 0.15) is 4.90 Å². The van der Waals surface area contributed by atoms with Crippen molar-refractivity contribution in [1.29, 1.82) is 0 Å². The molecule has 1 heterocycles. The van der Waals surface area contributed by atoms with E-state index in [0.717, 1.165) is 6.42 Å². The van der Waals surface area contributed by atoms with E-state index >= 15 is 0 Å². The van der Waals surface area contributed by atoms with Crippen LogP contribution in [0.1, 0.15) is 26.7 Å². The summed E-state index contributed by atoms with van der Waals surface area (Å²) < 4.78 is 27.6. The molecule has 0 aromatic carbocycles. The Morgan fingerprint density at radius 3 is 2.79 bits per heavy atom. The molecule has 19 heavy (non-hydrogen) atoms. The second-order valence-corrected chi connectivity index (χ2v) is 6.43. The van der Waals surface area contributed by atoms with Crippen LogP contribution >= 0.6 is 0 Å². The molecule has 0 aliphatic rings. The largest absolute Gasteiger partial charge is 0.481 e. The minimum atomic E-state index is -3.55. The van der Waals surface area contributed by atoms with E-state index in [2.05, 4.69) is 9.82 Å². The Kier molecular flexibility index (Phi) is 5.49. The summed E-state index contributed by atoms with van der Waals surface area (Å²) in [6.07, 6.45) is 3.22. The Morgan fingerprint density at radius 2 is 2.21 bits per heavy atom. The van der Waals surface area contributed by atoms with Gasteiger partial charge in [0.05, 0.1) is 19.2 Å². The molecule has 0 radical (unpaired) electrons. The van der Waals surface area contributed by atoms with E-state index in [4.69, 9.17) is 5.11 Å². The number of rotatable bonds is 8. The number of hydrogen-bond donors (Lipinski definition) is 2. The lowest BCUT2D eigenvalue weighted by atomic mass is 10.1. The molecule has 2 N–H and O–H groups in total. The first-order valence-corrected chi connectivity index (χ1v) is 7.53. The third-order valence-electron chi connectivity index (χ3n) is 2.49. The first kappa shape index (κ1) is 15.6. The van der Waals surface area contributed by atoms with Gasteiger partial charge in [-0.2, -0.15) is 5.10 Å². The molecule has 0 spiro atoms. The second kappa shape index (κ2) is 6.67. The van der Waals surface area contributed by atoms with Gasteiger partial charge in [0.15, 0.2) is 0 Å². The summed E-state index contributed by atoms with van der Waals surface area (Å²) in [6.45, 7) is 4.55. The van der Waals surface area contributed by atoms with E-state index in [1.165, 1.54) is 17.1 Å². The molecule has 7 nitrogen and oxygen atoms in total. The zero-order valence-corrected chi connectivity index (χ0v) is 11.9. The van der Waals surface area contributed by atoms with Crippen molar-refractivity contribution in [3.8, 4) is 0 Å². The number of aliphatic carboxylic acids is 1. The van der Waals surface area contributed by atoms with Crippen molar-refractivity contribution in [2.24, 2.45) is 5.92 Å². The minimum Gasteiger partial charge on any atom is -0.481 e. The van der Waals surface area contributed by atoms with E-state index < -0.39 is 16.0 Å². The maximum atomic E-state index is 11.9. The van der Waals surface area contributed by atoms with Crippen molar-refractivity contribution >= 4 is 16.0 Å². The summed E-state index contributed by atoms with van der Waals surface area (Å²) >= 11 is 0. The smallest absolute Gasteiger partial charge is 0.305 e. The number of nitrogens with zero attached hydrogens (tertiary/aromatic N) is 2. The Morgan fingerprint density at radius 1 is 1.53 bits per heavy atom. The quantitative estimate of drug-likeness (QED) is 0.733. The normalized spacial score (nSPS) is 11.9. The van der Waals surface area contributed by atoms with Crippen LogP contribution in [0.3, 0.4) is 0 Å². The Labute approximate surface area is 112 Å². The van der Waals surface area contributed by atoms with Crippen LogP contribution in [0.15, 0.2) is 17.3 Å². The van der Waals surface area contributed by atoms with Crippen molar-refractivity contribution in [3.05, 3.63) is 12.4 Å². The molecule has 0 amide bonds. The van der Waals surface area contributed by atoms with E-state index in [1.807, 2.05) is 13.8 Å².